The van der Waals surface area contributed by atoms with Gasteiger partial charge < -0.3 is 15.1 Å². The molecule has 2 fully saturated rings. The molecule has 0 aromatic heterocycles. The maximum atomic E-state index is 12.8. The number of hydrogen-bond donors (Lipinski definition) is 1. The monoisotopic (exact) mass is 396 g/mol. The lowest BCUT2D eigenvalue weighted by atomic mass is 9.96. The van der Waals surface area contributed by atoms with Crippen molar-refractivity contribution in [2.75, 3.05) is 44.2 Å². The number of likely N-dealkylation sites (tertiary alicyclic amines) is 1. The molecule has 0 radical (unpaired) electrons. The number of benzene rings is 1. The number of hydrogen-bond acceptors (Lipinski definition) is 5. The predicted octanol–water partition coefficient (Wildman–Crippen LogP) is 3.08. The topological polar surface area (TPSA) is 78.7 Å². The van der Waals surface area contributed by atoms with E-state index in [1.165, 1.54) is 6.07 Å². The second kappa shape index (κ2) is 9.90. The molecule has 0 aliphatic carbocycles. The van der Waals surface area contributed by atoms with Crippen molar-refractivity contribution in [2.45, 2.75) is 32.6 Å². The molecule has 27 heavy (non-hydrogen) atoms. The first-order valence-electron chi connectivity index (χ1n) is 9.63. The summed E-state index contributed by atoms with van der Waals surface area (Å²) in [6, 6.07) is 4.95. The number of anilines is 1. The lowest BCUT2D eigenvalue weighted by Crippen LogP contribution is -2.40. The molecule has 2 saturated heterocycles. The SMILES string of the molecule is CCNCC1CCN(C(=O)c2ccc(N3CCCC3)c([N+](=O)[O-])c2)CC1.Cl. The molecular weight excluding hydrogens is 368 g/mol. The van der Waals surface area contributed by atoms with E-state index in [2.05, 4.69) is 12.2 Å². The van der Waals surface area contributed by atoms with Crippen LogP contribution < -0.4 is 10.2 Å². The summed E-state index contributed by atoms with van der Waals surface area (Å²) < 4.78 is 0. The third-order valence-electron chi connectivity index (χ3n) is 5.45. The molecule has 1 amide bonds. The normalized spacial score (nSPS) is 17.7. The molecule has 1 aromatic rings. The van der Waals surface area contributed by atoms with Crippen molar-refractivity contribution >= 4 is 29.7 Å². The zero-order valence-corrected chi connectivity index (χ0v) is 16.7. The lowest BCUT2D eigenvalue weighted by Gasteiger charge is -2.32. The van der Waals surface area contributed by atoms with Gasteiger partial charge >= 0.3 is 0 Å². The molecule has 150 valence electrons. The van der Waals surface area contributed by atoms with Crippen molar-refractivity contribution in [3.05, 3.63) is 33.9 Å². The second-order valence-electron chi connectivity index (χ2n) is 7.20. The minimum absolute atomic E-state index is 0. The van der Waals surface area contributed by atoms with Gasteiger partial charge in [-0.1, -0.05) is 6.92 Å². The molecule has 3 rings (SSSR count). The van der Waals surface area contributed by atoms with Crippen LogP contribution in [0, 0.1) is 16.0 Å². The van der Waals surface area contributed by atoms with Crippen LogP contribution in [0.3, 0.4) is 0 Å². The summed E-state index contributed by atoms with van der Waals surface area (Å²) in [5, 5.41) is 14.9. The van der Waals surface area contributed by atoms with Crippen molar-refractivity contribution in [2.24, 2.45) is 5.92 Å². The van der Waals surface area contributed by atoms with E-state index in [9.17, 15) is 14.9 Å². The number of nitrogens with zero attached hydrogens (tertiary/aromatic N) is 3. The molecule has 0 bridgehead atoms. The van der Waals surface area contributed by atoms with Crippen LogP contribution in [0.15, 0.2) is 18.2 Å². The molecule has 2 aliphatic heterocycles. The maximum absolute atomic E-state index is 12.8. The Hall–Kier alpha value is -1.86. The minimum atomic E-state index is -0.368. The zero-order valence-electron chi connectivity index (χ0n) is 15.9. The van der Waals surface area contributed by atoms with Gasteiger partial charge in [-0.25, -0.2) is 0 Å². The van der Waals surface area contributed by atoms with Crippen LogP contribution in [0.25, 0.3) is 0 Å². The van der Waals surface area contributed by atoms with Gasteiger partial charge in [0.2, 0.25) is 0 Å². The van der Waals surface area contributed by atoms with Gasteiger partial charge in [-0.15, -0.1) is 12.4 Å². The van der Waals surface area contributed by atoms with Gasteiger partial charge in [0.25, 0.3) is 11.6 Å². The van der Waals surface area contributed by atoms with Crippen molar-refractivity contribution in [3.8, 4) is 0 Å². The summed E-state index contributed by atoms with van der Waals surface area (Å²) in [7, 11) is 0. The molecule has 2 heterocycles. The van der Waals surface area contributed by atoms with E-state index in [4.69, 9.17) is 0 Å². The number of nitrogens with one attached hydrogen (secondary N) is 1. The Balaban J connectivity index is 0.00000261. The lowest BCUT2D eigenvalue weighted by molar-refractivity contribution is -0.384. The van der Waals surface area contributed by atoms with Crippen LogP contribution >= 0.6 is 12.4 Å². The van der Waals surface area contributed by atoms with E-state index >= 15 is 0 Å². The molecular formula is C19H29ClN4O3. The molecule has 1 aromatic carbocycles. The third-order valence-corrected chi connectivity index (χ3v) is 5.45. The summed E-state index contributed by atoms with van der Waals surface area (Å²) in [4.78, 5) is 27.8. The van der Waals surface area contributed by atoms with Crippen LogP contribution in [0.5, 0.6) is 0 Å². The van der Waals surface area contributed by atoms with Gasteiger partial charge in [-0.05, 0) is 56.8 Å². The van der Waals surface area contributed by atoms with Crippen molar-refractivity contribution in [3.63, 3.8) is 0 Å². The van der Waals surface area contributed by atoms with Crippen molar-refractivity contribution in [1.29, 1.82) is 0 Å². The average molecular weight is 397 g/mol. The Bertz CT molecular complexity index is 656. The van der Waals surface area contributed by atoms with Crippen molar-refractivity contribution < 1.29 is 9.72 Å². The van der Waals surface area contributed by atoms with Gasteiger partial charge in [0.05, 0.1) is 4.92 Å². The second-order valence-corrected chi connectivity index (χ2v) is 7.20. The predicted molar refractivity (Wildman–Crippen MR) is 109 cm³/mol. The highest BCUT2D eigenvalue weighted by atomic mass is 35.5. The van der Waals surface area contributed by atoms with E-state index in [1.54, 1.807) is 12.1 Å². The van der Waals surface area contributed by atoms with Gasteiger partial charge in [0.15, 0.2) is 0 Å². The molecule has 7 nitrogen and oxygen atoms in total. The Morgan fingerprint density at radius 1 is 1.22 bits per heavy atom. The van der Waals surface area contributed by atoms with E-state index < -0.39 is 0 Å². The number of nitro groups is 1. The van der Waals surface area contributed by atoms with Crippen LogP contribution in [-0.4, -0.2) is 55.0 Å². The summed E-state index contributed by atoms with van der Waals surface area (Å²) >= 11 is 0. The molecule has 8 heteroatoms. The summed E-state index contributed by atoms with van der Waals surface area (Å²) in [6.07, 6.45) is 4.07. The van der Waals surface area contributed by atoms with Crippen LogP contribution in [-0.2, 0) is 0 Å². The number of piperidine rings is 1. The largest absolute Gasteiger partial charge is 0.366 e. The number of nitro benzene ring substituents is 1. The van der Waals surface area contributed by atoms with E-state index in [0.29, 0.717) is 17.2 Å². The number of amides is 1. The number of rotatable bonds is 6. The Labute approximate surface area is 166 Å². The van der Waals surface area contributed by atoms with Crippen LogP contribution in [0.1, 0.15) is 43.0 Å². The first kappa shape index (κ1) is 21.4. The number of halogens is 1. The van der Waals surface area contributed by atoms with Gasteiger partial charge in [0.1, 0.15) is 5.69 Å². The molecule has 2 aliphatic rings. The van der Waals surface area contributed by atoms with E-state index in [-0.39, 0.29) is 28.9 Å². The fraction of sp³-hybridized carbons (Fsp3) is 0.632. The average Bonchev–Trinajstić information content (AvgIpc) is 3.20. The number of carbonyl (C=O) groups is 1. The van der Waals surface area contributed by atoms with Crippen LogP contribution in [0.2, 0.25) is 0 Å². The molecule has 0 spiro atoms. The molecule has 0 saturated carbocycles. The molecule has 1 N–H and O–H groups in total. The minimum Gasteiger partial charge on any atom is -0.366 e. The third kappa shape index (κ3) is 5.11. The quantitative estimate of drug-likeness (QED) is 0.590. The fourth-order valence-corrected chi connectivity index (χ4v) is 3.90. The molecule has 0 atom stereocenters. The van der Waals surface area contributed by atoms with Crippen molar-refractivity contribution in [1.82, 2.24) is 10.2 Å². The first-order valence-corrected chi connectivity index (χ1v) is 9.63. The Morgan fingerprint density at radius 3 is 2.48 bits per heavy atom. The Morgan fingerprint density at radius 2 is 1.89 bits per heavy atom. The zero-order chi connectivity index (χ0) is 18.5. The van der Waals surface area contributed by atoms with Gasteiger partial charge in [-0.3, -0.25) is 14.9 Å². The highest BCUT2D eigenvalue weighted by Gasteiger charge is 2.27. The maximum Gasteiger partial charge on any atom is 0.293 e. The fourth-order valence-electron chi connectivity index (χ4n) is 3.90. The molecule has 0 unspecified atom stereocenters. The number of carbonyl (C=O) groups excluding carboxylic acids is 1. The smallest absolute Gasteiger partial charge is 0.293 e. The summed E-state index contributed by atoms with van der Waals surface area (Å²) in [5.74, 6) is 0.508. The summed E-state index contributed by atoms with van der Waals surface area (Å²) in [5.41, 5.74) is 1.10. The van der Waals surface area contributed by atoms with Gasteiger partial charge in [-0.2, -0.15) is 0 Å². The van der Waals surface area contributed by atoms with Crippen LogP contribution in [0.4, 0.5) is 11.4 Å². The highest BCUT2D eigenvalue weighted by molar-refractivity contribution is 5.96. The highest BCUT2D eigenvalue weighted by Crippen LogP contribution is 2.32. The van der Waals surface area contributed by atoms with E-state index in [0.717, 1.165) is 65.0 Å². The summed E-state index contributed by atoms with van der Waals surface area (Å²) in [6.45, 7) is 7.17. The van der Waals surface area contributed by atoms with Gasteiger partial charge in [0, 0.05) is 37.8 Å². The first-order chi connectivity index (χ1) is 12.6. The Kier molecular flexibility index (Phi) is 7.86. The standard InChI is InChI=1S/C19H28N4O3.ClH/c1-2-20-14-15-7-11-22(12-8-15)19(24)16-5-6-17(18(13-16)23(25)26)21-9-3-4-10-21;/h5-6,13,15,20H,2-4,7-12,14H2,1H3;1H. The van der Waals surface area contributed by atoms with E-state index in [1.807, 2.05) is 9.80 Å².